The van der Waals surface area contributed by atoms with Crippen molar-refractivity contribution in [1.29, 1.82) is 5.26 Å². The number of nitriles is 1. The van der Waals surface area contributed by atoms with Gasteiger partial charge in [-0.05, 0) is 94.8 Å². The summed E-state index contributed by atoms with van der Waals surface area (Å²) < 4.78 is 17.1. The Morgan fingerprint density at radius 2 is 1.43 bits per heavy atom. The number of ether oxygens (including phenoxy) is 3. The predicted octanol–water partition coefficient (Wildman–Crippen LogP) is 10.5. The standard InChI is InChI=1S/C25H29N5O.C16H19NO3.C15H20O3.Cu/c1-5-7-14-29(6-2)21-13-12-19(18(3)15-21)16-20-17-26-30-24(20)27-28-25(30)22-10-8-9-11-23(22)31-4;1-16(2,3)14-6-4-12(5-7-14)8-9-20-15(19)13(10-17)11-18;1-15(2,3)13-6-4-12(5-7-13)9-11-18-14(17)8-10-16;/h8-13,15-17H,5-7,14H2,1-4H3;4-7,11,18H,8-9H2,1-3H3;4-8,10,16H,9,11H2,1-3H3;/b20-16-;13-11-;10-8-;. The predicted molar refractivity (Wildman–Crippen MR) is 273 cm³/mol. The van der Waals surface area contributed by atoms with E-state index >= 15 is 0 Å². The van der Waals surface area contributed by atoms with Crippen LogP contribution in [0, 0.1) is 18.3 Å². The van der Waals surface area contributed by atoms with E-state index in [1.54, 1.807) is 17.7 Å². The number of anilines is 1. The fourth-order valence-corrected chi connectivity index (χ4v) is 7.04. The van der Waals surface area contributed by atoms with Gasteiger partial charge in [0.05, 0.1) is 44.4 Å². The van der Waals surface area contributed by atoms with Crippen molar-refractivity contribution in [3.05, 3.63) is 160 Å². The molecule has 14 heteroatoms. The Labute approximate surface area is 424 Å². The molecule has 2 aromatic heterocycles. The fourth-order valence-electron chi connectivity index (χ4n) is 7.04. The largest absolute Gasteiger partial charge is 0.515 e. The maximum Gasteiger partial charge on any atom is 0.352 e. The molecular weight excluding hydrogens is 932 g/mol. The SMILES string of the molecule is CC(C)(C)c1ccc(CCOC(=O)/C(C#N)=C\O)cc1.CC(C)(C)c1ccc(CCOC(=O)/C=C\O)cc1.CCCCN(CC)c1ccc(/C=c2/cnn3c(-c4ccccc4OC)nnc23)c(C)c1.[Cu]. The first kappa shape index (κ1) is 57.4. The molecule has 2 N–H and O–H groups in total. The van der Waals surface area contributed by atoms with Crippen LogP contribution in [-0.4, -0.2) is 75.4 Å². The van der Waals surface area contributed by atoms with Crippen molar-refractivity contribution in [3.63, 3.8) is 0 Å². The molecule has 0 unspecified atom stereocenters. The molecule has 0 spiro atoms. The third kappa shape index (κ3) is 16.9. The Morgan fingerprint density at radius 3 is 1.94 bits per heavy atom. The van der Waals surface area contributed by atoms with E-state index in [0.29, 0.717) is 37.8 Å². The molecule has 2 heterocycles. The number of hydrogen-bond donors (Lipinski definition) is 2. The van der Waals surface area contributed by atoms with Gasteiger partial charge in [0.15, 0.2) is 17.0 Å². The van der Waals surface area contributed by atoms with Crippen LogP contribution >= 0.6 is 0 Å². The Balaban J connectivity index is 0.000000291. The van der Waals surface area contributed by atoms with E-state index in [9.17, 15) is 9.59 Å². The Hall–Kier alpha value is -6.94. The number of carbonyl (C=O) groups is 2. The van der Waals surface area contributed by atoms with E-state index in [4.69, 9.17) is 29.7 Å². The van der Waals surface area contributed by atoms with E-state index in [2.05, 4.69) is 143 Å². The van der Waals surface area contributed by atoms with Gasteiger partial charge in [0.2, 0.25) is 0 Å². The van der Waals surface area contributed by atoms with Crippen LogP contribution in [-0.2, 0) is 59.8 Å². The number of aliphatic hydroxyl groups is 2. The Morgan fingerprint density at radius 1 is 0.829 bits per heavy atom. The number of methoxy groups -OCH3 is 1. The van der Waals surface area contributed by atoms with Gasteiger partial charge in [-0.3, -0.25) is 0 Å². The summed E-state index contributed by atoms with van der Waals surface area (Å²) in [5.41, 5.74) is 9.85. The Bertz CT molecular complexity index is 2750. The van der Waals surface area contributed by atoms with Crippen LogP contribution in [0.25, 0.3) is 23.1 Å². The topological polar surface area (TPSA) is 172 Å². The number of esters is 2. The van der Waals surface area contributed by atoms with Crippen molar-refractivity contribution < 1.29 is 51.1 Å². The first-order valence-corrected chi connectivity index (χ1v) is 23.3. The maximum absolute atomic E-state index is 11.3. The monoisotopic (exact) mass is 999 g/mol. The molecule has 0 aliphatic heterocycles. The molecule has 70 heavy (non-hydrogen) atoms. The second-order valence-electron chi connectivity index (χ2n) is 18.3. The molecule has 0 atom stereocenters. The van der Waals surface area contributed by atoms with Gasteiger partial charge >= 0.3 is 11.9 Å². The number of nitrogens with zero attached hydrogens (tertiary/aromatic N) is 6. The number of rotatable bonds is 16. The summed E-state index contributed by atoms with van der Waals surface area (Å²) in [4.78, 5) is 24.7. The molecule has 6 aromatic rings. The van der Waals surface area contributed by atoms with Crippen molar-refractivity contribution >= 4 is 29.3 Å². The molecule has 0 saturated heterocycles. The number of hydrogen-bond acceptors (Lipinski definition) is 12. The summed E-state index contributed by atoms with van der Waals surface area (Å²) in [7, 11) is 1.66. The molecule has 1 radical (unpaired) electrons. The van der Waals surface area contributed by atoms with Crippen LogP contribution in [0.3, 0.4) is 0 Å². The average Bonchev–Trinajstić information content (AvgIpc) is 3.93. The minimum Gasteiger partial charge on any atom is -0.515 e. The molecule has 0 fully saturated rings. The summed E-state index contributed by atoms with van der Waals surface area (Å²) in [6, 6.07) is 32.4. The normalized spacial score (nSPS) is 11.7. The van der Waals surface area contributed by atoms with Crippen molar-refractivity contribution in [3.8, 4) is 23.2 Å². The molecular formula is C56H68CuN6O7. The van der Waals surface area contributed by atoms with Crippen LogP contribution in [0.1, 0.15) is 102 Å². The number of benzene rings is 4. The van der Waals surface area contributed by atoms with Crippen molar-refractivity contribution in [2.24, 2.45) is 0 Å². The number of aliphatic hydroxyl groups excluding tert-OH is 2. The smallest absolute Gasteiger partial charge is 0.352 e. The van der Waals surface area contributed by atoms with Gasteiger partial charge in [-0.15, -0.1) is 10.2 Å². The van der Waals surface area contributed by atoms with E-state index in [1.165, 1.54) is 35.2 Å². The molecule has 0 bridgehead atoms. The summed E-state index contributed by atoms with van der Waals surface area (Å²) in [5.74, 6) is 0.0964. The number of para-hydroxylation sites is 1. The molecule has 6 rings (SSSR count). The van der Waals surface area contributed by atoms with Crippen LogP contribution in [0.2, 0.25) is 0 Å². The van der Waals surface area contributed by atoms with E-state index in [1.807, 2.05) is 42.6 Å². The third-order valence-electron chi connectivity index (χ3n) is 11.2. The zero-order valence-corrected chi connectivity index (χ0v) is 43.1. The summed E-state index contributed by atoms with van der Waals surface area (Å²) in [6.45, 7) is 22.1. The number of aryl methyl sites for hydroxylation is 1. The molecule has 13 nitrogen and oxygen atoms in total. The van der Waals surface area contributed by atoms with Crippen molar-refractivity contribution in [2.45, 2.75) is 98.8 Å². The van der Waals surface area contributed by atoms with Crippen LogP contribution in [0.5, 0.6) is 5.75 Å². The number of fused-ring (bicyclic) bond motifs is 1. The van der Waals surface area contributed by atoms with Gasteiger partial charge in [-0.1, -0.05) is 122 Å². The molecule has 0 aliphatic carbocycles. The van der Waals surface area contributed by atoms with Crippen LogP contribution < -0.4 is 14.9 Å². The van der Waals surface area contributed by atoms with Gasteiger partial charge in [0.25, 0.3) is 0 Å². The molecule has 0 aliphatic rings. The maximum atomic E-state index is 11.3. The quantitative estimate of drug-likeness (QED) is 0.0309. The number of carbonyl (C=O) groups excluding carboxylic acids is 2. The minimum atomic E-state index is -0.804. The van der Waals surface area contributed by atoms with E-state index in [-0.39, 0.29) is 34.5 Å². The second-order valence-corrected chi connectivity index (χ2v) is 18.3. The van der Waals surface area contributed by atoms with Gasteiger partial charge in [-0.25, -0.2) is 9.59 Å². The van der Waals surface area contributed by atoms with Crippen molar-refractivity contribution in [1.82, 2.24) is 19.8 Å². The molecule has 375 valence electrons. The molecule has 0 amide bonds. The first-order valence-electron chi connectivity index (χ1n) is 23.3. The molecule has 4 aromatic carbocycles. The van der Waals surface area contributed by atoms with Gasteiger partial charge in [0, 0.05) is 53.9 Å². The average molecular weight is 1000 g/mol. The summed E-state index contributed by atoms with van der Waals surface area (Å²) in [6.07, 6.45) is 9.76. The Kier molecular flexibility index (Phi) is 22.9. The molecule has 0 saturated carbocycles. The summed E-state index contributed by atoms with van der Waals surface area (Å²) in [5, 5.41) is 39.8. The number of aromatic nitrogens is 4. The third-order valence-corrected chi connectivity index (χ3v) is 11.2. The minimum absolute atomic E-state index is 0. The van der Waals surface area contributed by atoms with Crippen LogP contribution in [0.15, 0.2) is 121 Å². The van der Waals surface area contributed by atoms with Crippen LogP contribution in [0.4, 0.5) is 5.69 Å². The zero-order chi connectivity index (χ0) is 50.6. The van der Waals surface area contributed by atoms with E-state index < -0.39 is 17.5 Å². The van der Waals surface area contributed by atoms with E-state index in [0.717, 1.165) is 58.0 Å². The second kappa shape index (κ2) is 27.9. The zero-order valence-electron chi connectivity index (χ0n) is 42.1. The first-order chi connectivity index (χ1) is 33.0. The van der Waals surface area contributed by atoms with Gasteiger partial charge in [0.1, 0.15) is 18.1 Å². The van der Waals surface area contributed by atoms with Gasteiger partial charge in [-0.2, -0.15) is 14.9 Å². The fraction of sp³-hybridized carbons (Fsp3) is 0.357. The van der Waals surface area contributed by atoms with Gasteiger partial charge < -0.3 is 29.3 Å². The summed E-state index contributed by atoms with van der Waals surface area (Å²) >= 11 is 0. The number of unbranched alkanes of at least 4 members (excludes halogenated alkanes) is 1. The van der Waals surface area contributed by atoms with Crippen molar-refractivity contribution in [2.75, 3.05) is 38.3 Å².